The number of ether oxygens (including phenoxy) is 1. The topological polar surface area (TPSA) is 47.0 Å². The lowest BCUT2D eigenvalue weighted by atomic mass is 10.0. The third-order valence-electron chi connectivity index (χ3n) is 3.21. The molecule has 3 rings (SSSR count). The van der Waals surface area contributed by atoms with Crippen LogP contribution in [0.5, 0.6) is 5.75 Å². The van der Waals surface area contributed by atoms with Gasteiger partial charge in [0.05, 0.1) is 11.3 Å². The number of benzene rings is 1. The van der Waals surface area contributed by atoms with Crippen LogP contribution in [-0.4, -0.2) is 27.8 Å². The van der Waals surface area contributed by atoms with Gasteiger partial charge in [0.15, 0.2) is 4.34 Å². The quantitative estimate of drug-likeness (QED) is 0.940. The average Bonchev–Trinajstić information content (AvgIpc) is 2.87. The summed E-state index contributed by atoms with van der Waals surface area (Å²) in [6.07, 6.45) is 0. The third-order valence-corrected chi connectivity index (χ3v) is 5.33. The van der Waals surface area contributed by atoms with E-state index < -0.39 is 0 Å². The summed E-state index contributed by atoms with van der Waals surface area (Å²) in [7, 11) is 0. The van der Waals surface area contributed by atoms with Crippen LogP contribution in [0.25, 0.3) is 0 Å². The van der Waals surface area contributed by atoms with Crippen molar-refractivity contribution >= 4 is 23.3 Å². The third kappa shape index (κ3) is 2.82. The molecule has 0 radical (unpaired) electrons. The Kier molecular flexibility index (Phi) is 4.24. The average molecular weight is 307 g/mol. The van der Waals surface area contributed by atoms with Crippen molar-refractivity contribution in [3.8, 4) is 5.75 Å². The second-order valence-corrected chi connectivity index (χ2v) is 6.89. The van der Waals surface area contributed by atoms with Gasteiger partial charge in [0.25, 0.3) is 0 Å². The maximum atomic E-state index is 5.89. The molecule has 2 aromatic rings. The monoisotopic (exact) mass is 307 g/mol. The minimum Gasteiger partial charge on any atom is -0.492 e. The molecule has 1 aromatic carbocycles. The lowest BCUT2D eigenvalue weighted by Gasteiger charge is -2.33. The molecule has 1 N–H and O–H groups in total. The van der Waals surface area contributed by atoms with Crippen molar-refractivity contribution in [3.05, 3.63) is 35.7 Å². The van der Waals surface area contributed by atoms with Gasteiger partial charge in [-0.15, -0.1) is 0 Å². The maximum absolute atomic E-state index is 5.89. The minimum absolute atomic E-state index is 0.291. The van der Waals surface area contributed by atoms with Gasteiger partial charge in [-0.3, -0.25) is 0 Å². The molecule has 0 amide bonds. The van der Waals surface area contributed by atoms with Crippen LogP contribution < -0.4 is 10.1 Å². The number of para-hydroxylation sites is 1. The number of fused-ring (bicyclic) bond motifs is 1. The Bertz CT molecular complexity index is 587. The van der Waals surface area contributed by atoms with E-state index in [2.05, 4.69) is 33.7 Å². The van der Waals surface area contributed by atoms with Crippen molar-refractivity contribution in [2.75, 3.05) is 13.2 Å². The molecule has 106 valence electrons. The zero-order valence-corrected chi connectivity index (χ0v) is 13.1. The molecule has 1 aliphatic heterocycles. The first-order valence-corrected chi connectivity index (χ1v) is 8.35. The highest BCUT2D eigenvalue weighted by atomic mass is 32.2. The normalized spacial score (nSPS) is 21.3. The number of aryl methyl sites for hydroxylation is 1. The predicted molar refractivity (Wildman–Crippen MR) is 82.6 cm³/mol. The highest BCUT2D eigenvalue weighted by Crippen LogP contribution is 2.40. The molecule has 1 aromatic heterocycles. The van der Waals surface area contributed by atoms with Crippen molar-refractivity contribution in [2.24, 2.45) is 0 Å². The molecule has 0 spiro atoms. The summed E-state index contributed by atoms with van der Waals surface area (Å²) >= 11 is 3.22. The summed E-state index contributed by atoms with van der Waals surface area (Å²) in [6, 6.07) is 8.55. The van der Waals surface area contributed by atoms with Crippen LogP contribution in [0.2, 0.25) is 0 Å². The molecule has 4 nitrogen and oxygen atoms in total. The summed E-state index contributed by atoms with van der Waals surface area (Å²) in [5.41, 5.74) is 1.24. The van der Waals surface area contributed by atoms with E-state index in [-0.39, 0.29) is 0 Å². The van der Waals surface area contributed by atoms with Gasteiger partial charge in [-0.05, 0) is 31.1 Å². The number of hydrogen-bond donors (Lipinski definition) is 1. The van der Waals surface area contributed by atoms with Crippen LogP contribution in [-0.2, 0) is 0 Å². The van der Waals surface area contributed by atoms with Gasteiger partial charge in [0.2, 0.25) is 0 Å². The van der Waals surface area contributed by atoms with E-state index in [1.807, 2.05) is 19.1 Å². The zero-order chi connectivity index (χ0) is 13.9. The number of thioether (sulfide) groups is 1. The SMILES string of the molecule is CCNC1c2ccccc2OCC1Sc1nc(C)ns1. The van der Waals surface area contributed by atoms with E-state index in [9.17, 15) is 0 Å². The Hall–Kier alpha value is -1.11. The van der Waals surface area contributed by atoms with E-state index in [0.29, 0.717) is 17.9 Å². The molecule has 2 atom stereocenters. The number of rotatable bonds is 4. The van der Waals surface area contributed by atoms with Crippen molar-refractivity contribution in [1.29, 1.82) is 0 Å². The molecule has 0 fully saturated rings. The van der Waals surface area contributed by atoms with Gasteiger partial charge < -0.3 is 10.1 Å². The van der Waals surface area contributed by atoms with Gasteiger partial charge >= 0.3 is 0 Å². The fourth-order valence-electron chi connectivity index (χ4n) is 2.36. The minimum atomic E-state index is 0.291. The van der Waals surface area contributed by atoms with E-state index in [1.165, 1.54) is 17.1 Å². The summed E-state index contributed by atoms with van der Waals surface area (Å²) in [6.45, 7) is 5.69. The molecule has 6 heteroatoms. The molecule has 2 unspecified atom stereocenters. The predicted octanol–water partition coefficient (Wildman–Crippen LogP) is 3.05. The van der Waals surface area contributed by atoms with Gasteiger partial charge in [-0.25, -0.2) is 4.98 Å². The van der Waals surface area contributed by atoms with E-state index in [1.54, 1.807) is 11.8 Å². The van der Waals surface area contributed by atoms with Crippen molar-refractivity contribution < 1.29 is 4.74 Å². The molecular formula is C14H17N3OS2. The molecule has 0 aliphatic carbocycles. The van der Waals surface area contributed by atoms with Gasteiger partial charge in [-0.2, -0.15) is 4.37 Å². The molecule has 0 saturated heterocycles. The van der Waals surface area contributed by atoms with Gasteiger partial charge in [-0.1, -0.05) is 36.9 Å². The number of nitrogens with zero attached hydrogens (tertiary/aromatic N) is 2. The van der Waals surface area contributed by atoms with Crippen LogP contribution >= 0.6 is 23.3 Å². The largest absolute Gasteiger partial charge is 0.492 e. The van der Waals surface area contributed by atoms with E-state index >= 15 is 0 Å². The lowest BCUT2D eigenvalue weighted by molar-refractivity contribution is 0.261. The molecular weight excluding hydrogens is 290 g/mol. The summed E-state index contributed by atoms with van der Waals surface area (Å²) < 4.78 is 11.1. The van der Waals surface area contributed by atoms with E-state index in [0.717, 1.165) is 22.5 Å². The second-order valence-electron chi connectivity index (χ2n) is 4.65. The van der Waals surface area contributed by atoms with Crippen LogP contribution in [0, 0.1) is 6.92 Å². The second kappa shape index (κ2) is 6.11. The van der Waals surface area contributed by atoms with Crippen LogP contribution in [0.4, 0.5) is 0 Å². The molecule has 0 saturated carbocycles. The van der Waals surface area contributed by atoms with Crippen molar-refractivity contribution in [2.45, 2.75) is 29.5 Å². The van der Waals surface area contributed by atoms with Gasteiger partial charge in [0, 0.05) is 5.56 Å². The van der Waals surface area contributed by atoms with Crippen LogP contribution in [0.15, 0.2) is 28.6 Å². The van der Waals surface area contributed by atoms with Crippen molar-refractivity contribution in [3.63, 3.8) is 0 Å². The fourth-order valence-corrected chi connectivity index (χ4v) is 4.39. The summed E-state index contributed by atoms with van der Waals surface area (Å²) in [5.74, 6) is 1.83. The molecule has 20 heavy (non-hydrogen) atoms. The number of hydrogen-bond acceptors (Lipinski definition) is 6. The Morgan fingerprint density at radius 1 is 1.45 bits per heavy atom. The molecule has 2 heterocycles. The van der Waals surface area contributed by atoms with Gasteiger partial charge in [0.1, 0.15) is 18.2 Å². The summed E-state index contributed by atoms with van der Waals surface area (Å²) in [5, 5.41) is 3.89. The molecule has 1 aliphatic rings. The lowest BCUT2D eigenvalue weighted by Crippen LogP contribution is -2.37. The maximum Gasteiger partial charge on any atom is 0.170 e. The Labute approximate surface area is 127 Å². The first-order valence-electron chi connectivity index (χ1n) is 6.70. The Morgan fingerprint density at radius 2 is 2.30 bits per heavy atom. The highest BCUT2D eigenvalue weighted by Gasteiger charge is 2.31. The number of nitrogens with one attached hydrogen (secondary N) is 1. The first kappa shape index (κ1) is 13.9. The Balaban J connectivity index is 1.84. The van der Waals surface area contributed by atoms with Crippen molar-refractivity contribution in [1.82, 2.24) is 14.7 Å². The Morgan fingerprint density at radius 3 is 3.05 bits per heavy atom. The van der Waals surface area contributed by atoms with E-state index in [4.69, 9.17) is 4.74 Å². The summed E-state index contributed by atoms with van der Waals surface area (Å²) in [4.78, 5) is 4.44. The van der Waals surface area contributed by atoms with Crippen LogP contribution in [0.1, 0.15) is 24.4 Å². The molecule has 0 bridgehead atoms. The first-order chi connectivity index (χ1) is 9.78. The van der Waals surface area contributed by atoms with Crippen LogP contribution in [0.3, 0.4) is 0 Å². The number of aromatic nitrogens is 2. The standard InChI is InChI=1S/C14H17N3OS2/c1-3-15-13-10-6-4-5-7-11(10)18-8-12(13)19-14-16-9(2)17-20-14/h4-7,12-13,15H,3,8H2,1-2H3. The smallest absolute Gasteiger partial charge is 0.170 e. The zero-order valence-electron chi connectivity index (χ0n) is 11.5. The fraction of sp³-hybridized carbons (Fsp3) is 0.429. The highest BCUT2D eigenvalue weighted by molar-refractivity contribution is 8.01.